The Bertz CT molecular complexity index is 1630. The molecule has 0 unspecified atom stereocenters. The predicted octanol–water partition coefficient (Wildman–Crippen LogP) is 5.12. The molecule has 7 nitrogen and oxygen atoms in total. The Morgan fingerprint density at radius 3 is 1.31 bits per heavy atom. The Kier molecular flexibility index (Phi) is 5.69. The highest BCUT2D eigenvalue weighted by molar-refractivity contribution is 7.93. The summed E-state index contributed by atoms with van der Waals surface area (Å²) in [6.45, 7) is 3.58. The fraction of sp³-hybridized carbons (Fsp3) is 0.0741. The molecule has 0 saturated carbocycles. The van der Waals surface area contributed by atoms with Crippen molar-refractivity contribution in [3.8, 4) is 11.1 Å². The van der Waals surface area contributed by atoms with E-state index in [2.05, 4.69) is 9.44 Å². The Labute approximate surface area is 209 Å². The molecule has 0 heterocycles. The van der Waals surface area contributed by atoms with Crippen LogP contribution >= 0.6 is 0 Å². The molecule has 0 amide bonds. The molecule has 2 N–H and O–H groups in total. The molecule has 0 bridgehead atoms. The van der Waals surface area contributed by atoms with E-state index in [0.717, 1.165) is 11.1 Å². The number of fused-ring (bicyclic) bond motifs is 3. The molecule has 0 aromatic heterocycles. The summed E-state index contributed by atoms with van der Waals surface area (Å²) in [4.78, 5) is 13.1. The number of carbonyl (C=O) groups excluding carboxylic acids is 1. The van der Waals surface area contributed by atoms with Crippen molar-refractivity contribution in [2.45, 2.75) is 23.6 Å². The van der Waals surface area contributed by atoms with Crippen LogP contribution in [-0.4, -0.2) is 22.6 Å². The summed E-state index contributed by atoms with van der Waals surface area (Å²) in [7, 11) is -7.89. The van der Waals surface area contributed by atoms with Crippen molar-refractivity contribution in [3.63, 3.8) is 0 Å². The fourth-order valence-electron chi connectivity index (χ4n) is 4.15. The maximum absolute atomic E-state index is 13.2. The van der Waals surface area contributed by atoms with Crippen LogP contribution in [0.4, 0.5) is 11.4 Å². The Hall–Kier alpha value is -3.95. The fourth-order valence-corrected chi connectivity index (χ4v) is 6.47. The van der Waals surface area contributed by atoms with Gasteiger partial charge in [0.25, 0.3) is 20.0 Å². The summed E-state index contributed by atoms with van der Waals surface area (Å²) in [6.07, 6.45) is 0. The summed E-state index contributed by atoms with van der Waals surface area (Å²) in [5.41, 5.74) is 3.95. The molecule has 0 radical (unpaired) electrons. The number of hydrogen-bond acceptors (Lipinski definition) is 5. The van der Waals surface area contributed by atoms with Crippen LogP contribution in [0.25, 0.3) is 11.1 Å². The first kappa shape index (κ1) is 23.8. The van der Waals surface area contributed by atoms with Crippen LogP contribution in [0, 0.1) is 13.8 Å². The molecular formula is C27H22N2O5S2. The van der Waals surface area contributed by atoms with Gasteiger partial charge in [-0.15, -0.1) is 0 Å². The van der Waals surface area contributed by atoms with Gasteiger partial charge in [0.05, 0.1) is 21.2 Å². The van der Waals surface area contributed by atoms with E-state index in [1.54, 1.807) is 62.4 Å². The first-order valence-electron chi connectivity index (χ1n) is 11.1. The zero-order valence-electron chi connectivity index (χ0n) is 19.4. The first-order chi connectivity index (χ1) is 17.1. The monoisotopic (exact) mass is 518 g/mol. The highest BCUT2D eigenvalue weighted by Gasteiger charge is 2.30. The number of benzene rings is 4. The van der Waals surface area contributed by atoms with Crippen LogP contribution in [0.1, 0.15) is 27.0 Å². The minimum Gasteiger partial charge on any atom is -0.289 e. The van der Waals surface area contributed by atoms with Gasteiger partial charge in [-0.25, -0.2) is 16.8 Å². The van der Waals surface area contributed by atoms with Gasteiger partial charge in [-0.2, -0.15) is 0 Å². The highest BCUT2D eigenvalue weighted by atomic mass is 32.2. The molecule has 1 aliphatic rings. The molecule has 36 heavy (non-hydrogen) atoms. The number of rotatable bonds is 6. The second-order valence-electron chi connectivity index (χ2n) is 8.58. The van der Waals surface area contributed by atoms with Crippen molar-refractivity contribution in [2.75, 3.05) is 9.44 Å². The summed E-state index contributed by atoms with van der Waals surface area (Å²) in [5.74, 6) is -0.430. The van der Waals surface area contributed by atoms with Crippen molar-refractivity contribution in [3.05, 3.63) is 107 Å². The number of sulfonamides is 2. The average molecular weight is 519 g/mol. The van der Waals surface area contributed by atoms with E-state index in [-0.39, 0.29) is 20.9 Å². The van der Waals surface area contributed by atoms with E-state index in [1.807, 2.05) is 12.1 Å². The van der Waals surface area contributed by atoms with Crippen LogP contribution in [0.5, 0.6) is 0 Å². The molecule has 182 valence electrons. The van der Waals surface area contributed by atoms with E-state index < -0.39 is 25.8 Å². The van der Waals surface area contributed by atoms with Gasteiger partial charge in [0.2, 0.25) is 0 Å². The van der Waals surface area contributed by atoms with Crippen molar-refractivity contribution >= 4 is 37.2 Å². The Balaban J connectivity index is 1.48. The molecule has 5 rings (SSSR count). The molecule has 0 saturated heterocycles. The lowest BCUT2D eigenvalue weighted by Gasteiger charge is -2.11. The lowest BCUT2D eigenvalue weighted by Crippen LogP contribution is -2.14. The molecule has 4 aromatic rings. The zero-order valence-corrected chi connectivity index (χ0v) is 21.1. The molecule has 0 atom stereocenters. The molecule has 0 spiro atoms. The quantitative estimate of drug-likeness (QED) is 0.324. The number of hydrogen-bond donors (Lipinski definition) is 2. The number of ketones is 1. The van der Waals surface area contributed by atoms with Gasteiger partial charge in [-0.3, -0.25) is 14.2 Å². The molecule has 1 aliphatic carbocycles. The van der Waals surface area contributed by atoms with Gasteiger partial charge < -0.3 is 0 Å². The van der Waals surface area contributed by atoms with Gasteiger partial charge in [0.15, 0.2) is 5.78 Å². The predicted molar refractivity (Wildman–Crippen MR) is 139 cm³/mol. The van der Waals surface area contributed by atoms with Crippen molar-refractivity contribution in [1.29, 1.82) is 0 Å². The third-order valence-corrected chi connectivity index (χ3v) is 8.89. The molecular weight excluding hydrogens is 496 g/mol. The maximum Gasteiger partial charge on any atom is 0.261 e. The van der Waals surface area contributed by atoms with Crippen LogP contribution in [0.15, 0.2) is 94.7 Å². The van der Waals surface area contributed by atoms with E-state index in [4.69, 9.17) is 0 Å². The SMILES string of the molecule is Cc1ccccc1NS(=O)(=O)c1ccc2c(c1)C(=O)c1cc(S(=O)(=O)Nc3ccccc3C)ccc1-2. The van der Waals surface area contributed by atoms with E-state index in [1.165, 1.54) is 24.3 Å². The third-order valence-electron chi connectivity index (χ3n) is 6.16. The summed E-state index contributed by atoms with van der Waals surface area (Å²) in [5, 5.41) is 0. The average Bonchev–Trinajstić information content (AvgIpc) is 3.13. The molecule has 9 heteroatoms. The number of carbonyl (C=O) groups is 1. The van der Waals surface area contributed by atoms with Crippen molar-refractivity contribution in [2.24, 2.45) is 0 Å². The Morgan fingerprint density at radius 1 is 0.528 bits per heavy atom. The lowest BCUT2D eigenvalue weighted by atomic mass is 10.1. The van der Waals surface area contributed by atoms with Crippen molar-refractivity contribution in [1.82, 2.24) is 0 Å². The van der Waals surface area contributed by atoms with Gasteiger partial charge in [0.1, 0.15) is 0 Å². The number of anilines is 2. The second kappa shape index (κ2) is 8.61. The molecule has 0 fully saturated rings. The van der Waals surface area contributed by atoms with Crippen LogP contribution in [0.2, 0.25) is 0 Å². The minimum atomic E-state index is -3.95. The first-order valence-corrected chi connectivity index (χ1v) is 14.0. The summed E-state index contributed by atoms with van der Waals surface area (Å²) in [6, 6.07) is 22.7. The van der Waals surface area contributed by atoms with Gasteiger partial charge in [-0.05, 0) is 72.5 Å². The van der Waals surface area contributed by atoms with Gasteiger partial charge >= 0.3 is 0 Å². The minimum absolute atomic E-state index is 0.0558. The summed E-state index contributed by atoms with van der Waals surface area (Å²) < 4.78 is 57.2. The maximum atomic E-state index is 13.2. The van der Waals surface area contributed by atoms with Crippen LogP contribution in [-0.2, 0) is 20.0 Å². The topological polar surface area (TPSA) is 109 Å². The standard InChI is InChI=1S/C27H22N2O5S2/c1-17-7-3-5-9-25(17)28-35(31,32)19-11-13-21-22-14-12-20(16-24(22)27(30)23(21)15-19)36(33,34)29-26-10-6-4-8-18(26)2/h3-16,28-29H,1-2H3. The van der Waals surface area contributed by atoms with Crippen molar-refractivity contribution < 1.29 is 21.6 Å². The number of para-hydroxylation sites is 2. The normalized spacial score (nSPS) is 12.7. The van der Waals surface area contributed by atoms with E-state index in [0.29, 0.717) is 22.5 Å². The largest absolute Gasteiger partial charge is 0.289 e. The molecule has 4 aromatic carbocycles. The third kappa shape index (κ3) is 4.16. The lowest BCUT2D eigenvalue weighted by molar-refractivity contribution is 0.104. The van der Waals surface area contributed by atoms with Crippen LogP contribution < -0.4 is 9.44 Å². The Morgan fingerprint density at radius 2 is 0.917 bits per heavy atom. The zero-order chi connectivity index (χ0) is 25.7. The van der Waals surface area contributed by atoms with Gasteiger partial charge in [0, 0.05) is 11.1 Å². The molecule has 0 aliphatic heterocycles. The number of aryl methyl sites for hydroxylation is 2. The second-order valence-corrected chi connectivity index (χ2v) is 11.9. The number of nitrogens with one attached hydrogen (secondary N) is 2. The summed E-state index contributed by atoms with van der Waals surface area (Å²) >= 11 is 0. The van der Waals surface area contributed by atoms with Gasteiger partial charge in [-0.1, -0.05) is 48.5 Å². The van der Waals surface area contributed by atoms with E-state index in [9.17, 15) is 21.6 Å². The van der Waals surface area contributed by atoms with Crippen LogP contribution in [0.3, 0.4) is 0 Å². The smallest absolute Gasteiger partial charge is 0.261 e. The van der Waals surface area contributed by atoms with E-state index >= 15 is 0 Å². The highest BCUT2D eigenvalue weighted by Crippen LogP contribution is 2.39.